The van der Waals surface area contributed by atoms with E-state index >= 15 is 0 Å². The molecule has 2 aromatic carbocycles. The second kappa shape index (κ2) is 9.50. The maximum atomic E-state index is 12.5. The smallest absolute Gasteiger partial charge is 0.226 e. The van der Waals surface area contributed by atoms with Gasteiger partial charge in [-0.25, -0.2) is 0 Å². The van der Waals surface area contributed by atoms with Gasteiger partial charge in [0.2, 0.25) is 5.91 Å². The molecule has 6 heteroatoms. The van der Waals surface area contributed by atoms with Crippen molar-refractivity contribution in [3.63, 3.8) is 0 Å². The molecule has 0 aliphatic carbocycles. The zero-order valence-electron chi connectivity index (χ0n) is 16.4. The van der Waals surface area contributed by atoms with Crippen LogP contribution in [0, 0.1) is 0 Å². The van der Waals surface area contributed by atoms with Gasteiger partial charge in [0.25, 0.3) is 0 Å². The van der Waals surface area contributed by atoms with Gasteiger partial charge in [0.05, 0.1) is 37.9 Å². The summed E-state index contributed by atoms with van der Waals surface area (Å²) in [5, 5.41) is 16.0. The summed E-state index contributed by atoms with van der Waals surface area (Å²) in [7, 11) is 0. The van der Waals surface area contributed by atoms with E-state index in [0.29, 0.717) is 26.2 Å². The molecule has 2 fully saturated rings. The van der Waals surface area contributed by atoms with E-state index in [1.54, 1.807) is 0 Å². The molecule has 0 aromatic heterocycles. The largest absolute Gasteiger partial charge is 0.389 e. The summed E-state index contributed by atoms with van der Waals surface area (Å²) >= 11 is 0. The van der Waals surface area contributed by atoms with Gasteiger partial charge >= 0.3 is 0 Å². The van der Waals surface area contributed by atoms with Crippen LogP contribution in [0.3, 0.4) is 0 Å². The van der Waals surface area contributed by atoms with E-state index in [9.17, 15) is 9.90 Å². The van der Waals surface area contributed by atoms with Crippen LogP contribution in [0.5, 0.6) is 0 Å². The lowest BCUT2D eigenvalue weighted by atomic mass is 9.96. The highest BCUT2D eigenvalue weighted by Gasteiger charge is 2.33. The van der Waals surface area contributed by atoms with E-state index in [-0.39, 0.29) is 24.2 Å². The minimum atomic E-state index is -0.479. The Labute approximate surface area is 171 Å². The highest BCUT2D eigenvalue weighted by molar-refractivity contribution is 5.91. The van der Waals surface area contributed by atoms with E-state index < -0.39 is 6.10 Å². The van der Waals surface area contributed by atoms with Gasteiger partial charge in [-0.15, -0.1) is 0 Å². The molecule has 2 aromatic rings. The molecule has 2 aliphatic heterocycles. The average molecular weight is 396 g/mol. The van der Waals surface area contributed by atoms with Crippen LogP contribution in [-0.2, 0) is 14.3 Å². The van der Waals surface area contributed by atoms with E-state index in [2.05, 4.69) is 22.8 Å². The normalized spacial score (nSPS) is 27.3. The van der Waals surface area contributed by atoms with Crippen LogP contribution in [0.1, 0.15) is 19.3 Å². The Bertz CT molecular complexity index is 796. The number of nitrogens with one attached hydrogen (secondary N) is 2. The summed E-state index contributed by atoms with van der Waals surface area (Å²) in [6.45, 7) is 1.26. The minimum absolute atomic E-state index is 0.0453. The number of fused-ring (bicyclic) bond motifs is 1. The standard InChI is InChI=1S/C23H28N2O4/c26-19-13-24-21-11-10-20(29-22(21)15-28-14-19)12-23(27)25-18-8-6-17(7-9-18)16-4-2-1-3-5-16/h1-9,19-22,24,26H,10-15H2,(H,25,27)/t19-,20-,21+,22-/m1/s1. The van der Waals surface area contributed by atoms with E-state index in [1.807, 2.05) is 42.5 Å². The van der Waals surface area contributed by atoms with Crippen LogP contribution in [0.25, 0.3) is 11.1 Å². The average Bonchev–Trinajstić information content (AvgIpc) is 2.73. The molecular weight excluding hydrogens is 368 g/mol. The molecule has 2 heterocycles. The molecule has 0 saturated carbocycles. The van der Waals surface area contributed by atoms with Crippen molar-refractivity contribution in [3.8, 4) is 11.1 Å². The van der Waals surface area contributed by atoms with Gasteiger partial charge in [0, 0.05) is 18.3 Å². The number of benzene rings is 2. The molecule has 29 heavy (non-hydrogen) atoms. The molecule has 0 radical (unpaired) electrons. The van der Waals surface area contributed by atoms with Gasteiger partial charge in [-0.3, -0.25) is 4.79 Å². The van der Waals surface area contributed by atoms with Gasteiger partial charge in [-0.05, 0) is 36.1 Å². The molecule has 4 rings (SSSR count). The Balaban J connectivity index is 1.28. The number of hydrogen-bond donors (Lipinski definition) is 3. The van der Waals surface area contributed by atoms with Crippen molar-refractivity contribution in [2.45, 2.75) is 43.6 Å². The Morgan fingerprint density at radius 1 is 1.03 bits per heavy atom. The van der Waals surface area contributed by atoms with E-state index in [4.69, 9.17) is 9.47 Å². The minimum Gasteiger partial charge on any atom is -0.389 e. The third-order valence-corrected chi connectivity index (χ3v) is 5.51. The van der Waals surface area contributed by atoms with Crippen molar-refractivity contribution in [2.24, 2.45) is 0 Å². The lowest BCUT2D eigenvalue weighted by Gasteiger charge is -2.38. The third-order valence-electron chi connectivity index (χ3n) is 5.51. The molecule has 0 spiro atoms. The fraction of sp³-hybridized carbons (Fsp3) is 0.435. The van der Waals surface area contributed by atoms with Crippen LogP contribution in [0.2, 0.25) is 0 Å². The maximum absolute atomic E-state index is 12.5. The number of aliphatic hydroxyl groups excluding tert-OH is 1. The number of hydrogen-bond acceptors (Lipinski definition) is 5. The zero-order chi connectivity index (χ0) is 20.1. The highest BCUT2D eigenvalue weighted by Crippen LogP contribution is 2.25. The fourth-order valence-electron chi connectivity index (χ4n) is 3.96. The van der Waals surface area contributed by atoms with Gasteiger partial charge in [0.15, 0.2) is 0 Å². The second-order valence-corrected chi connectivity index (χ2v) is 7.78. The Hall–Kier alpha value is -2.25. The number of anilines is 1. The van der Waals surface area contributed by atoms with Crippen LogP contribution in [0.4, 0.5) is 5.69 Å². The van der Waals surface area contributed by atoms with Gasteiger partial charge in [-0.1, -0.05) is 42.5 Å². The molecule has 154 valence electrons. The van der Waals surface area contributed by atoms with Crippen LogP contribution in [0.15, 0.2) is 54.6 Å². The number of β-amino-alcohol motifs (C(OH)–C–C–N with tert-alkyl or cyclic N) is 1. The summed E-state index contributed by atoms with van der Waals surface area (Å²) in [6.07, 6.45) is 1.36. The monoisotopic (exact) mass is 396 g/mol. The predicted octanol–water partition coefficient (Wildman–Crippen LogP) is 2.58. The van der Waals surface area contributed by atoms with Crippen molar-refractivity contribution >= 4 is 11.6 Å². The number of carbonyl (C=O) groups excluding carboxylic acids is 1. The lowest BCUT2D eigenvalue weighted by Crippen LogP contribution is -2.53. The number of carbonyl (C=O) groups is 1. The molecule has 0 bridgehead atoms. The van der Waals surface area contributed by atoms with Gasteiger partial charge in [-0.2, -0.15) is 0 Å². The van der Waals surface area contributed by atoms with Crippen molar-refractivity contribution in [2.75, 3.05) is 25.1 Å². The first-order valence-corrected chi connectivity index (χ1v) is 10.3. The topological polar surface area (TPSA) is 79.8 Å². The predicted molar refractivity (Wildman–Crippen MR) is 112 cm³/mol. The van der Waals surface area contributed by atoms with Crippen molar-refractivity contribution < 1.29 is 19.4 Å². The van der Waals surface area contributed by atoms with E-state index in [1.165, 1.54) is 0 Å². The zero-order valence-corrected chi connectivity index (χ0v) is 16.4. The molecule has 6 nitrogen and oxygen atoms in total. The lowest BCUT2D eigenvalue weighted by molar-refractivity contribution is -0.134. The number of rotatable bonds is 4. The van der Waals surface area contributed by atoms with E-state index in [0.717, 1.165) is 29.7 Å². The number of ether oxygens (including phenoxy) is 2. The van der Waals surface area contributed by atoms with Crippen molar-refractivity contribution in [3.05, 3.63) is 54.6 Å². The summed E-state index contributed by atoms with van der Waals surface area (Å²) in [4.78, 5) is 12.5. The SMILES string of the molecule is O=C(C[C@H]1CC[C@@H]2NC[C@@H](O)COC[C@H]2O1)Nc1ccc(-c2ccccc2)cc1. The quantitative estimate of drug-likeness (QED) is 0.740. The van der Waals surface area contributed by atoms with Crippen molar-refractivity contribution in [1.29, 1.82) is 0 Å². The summed E-state index contributed by atoms with van der Waals surface area (Å²) in [5.74, 6) is -0.0453. The molecule has 1 amide bonds. The Morgan fingerprint density at radius 3 is 2.59 bits per heavy atom. The molecule has 0 unspecified atom stereocenters. The molecule has 2 saturated heterocycles. The molecule has 2 aliphatic rings. The van der Waals surface area contributed by atoms with Gasteiger partial charge < -0.3 is 25.2 Å². The second-order valence-electron chi connectivity index (χ2n) is 7.78. The fourth-order valence-corrected chi connectivity index (χ4v) is 3.96. The van der Waals surface area contributed by atoms with Crippen molar-refractivity contribution in [1.82, 2.24) is 5.32 Å². The summed E-state index contributed by atoms with van der Waals surface area (Å²) in [5.41, 5.74) is 3.05. The maximum Gasteiger partial charge on any atom is 0.226 e. The van der Waals surface area contributed by atoms with Crippen LogP contribution >= 0.6 is 0 Å². The summed E-state index contributed by atoms with van der Waals surface area (Å²) in [6, 6.07) is 18.2. The van der Waals surface area contributed by atoms with Gasteiger partial charge in [0.1, 0.15) is 0 Å². The third kappa shape index (κ3) is 5.42. The first-order valence-electron chi connectivity index (χ1n) is 10.3. The highest BCUT2D eigenvalue weighted by atomic mass is 16.5. The number of amides is 1. The molecule has 4 atom stereocenters. The first kappa shape index (κ1) is 20.0. The molecular formula is C23H28N2O4. The van der Waals surface area contributed by atoms with Crippen LogP contribution in [-0.4, -0.2) is 55.1 Å². The summed E-state index contributed by atoms with van der Waals surface area (Å²) < 4.78 is 11.7. The number of aliphatic hydroxyl groups is 1. The Morgan fingerprint density at radius 2 is 1.79 bits per heavy atom. The first-order chi connectivity index (χ1) is 14.2. The Kier molecular flexibility index (Phi) is 6.56. The van der Waals surface area contributed by atoms with Crippen LogP contribution < -0.4 is 10.6 Å². The molecule has 3 N–H and O–H groups in total.